The Morgan fingerprint density at radius 3 is 2.70 bits per heavy atom. The molecule has 0 spiro atoms. The highest BCUT2D eigenvalue weighted by Crippen LogP contribution is 2.24. The zero-order chi connectivity index (χ0) is 19.1. The number of fused-ring (bicyclic) bond motifs is 1. The van der Waals surface area contributed by atoms with Gasteiger partial charge in [-0.25, -0.2) is 0 Å². The van der Waals surface area contributed by atoms with Gasteiger partial charge in [-0.2, -0.15) is 0 Å². The molecule has 3 rings (SSSR count). The van der Waals surface area contributed by atoms with Gasteiger partial charge >= 0.3 is 0 Å². The Morgan fingerprint density at radius 2 is 1.93 bits per heavy atom. The minimum Gasteiger partial charge on any atom is -0.545 e. The molecule has 0 atom stereocenters. The third-order valence-corrected chi connectivity index (χ3v) is 4.05. The molecule has 0 saturated carbocycles. The average Bonchev–Trinajstić information content (AvgIpc) is 3.08. The number of rotatable bonds is 8. The molecule has 27 heavy (non-hydrogen) atoms. The number of ether oxygens (including phenoxy) is 1. The number of benzene rings is 2. The minimum atomic E-state index is -1.40. The number of hydrogen-bond donors (Lipinski definition) is 2. The van der Waals surface area contributed by atoms with Crippen LogP contribution in [0.15, 0.2) is 66.9 Å². The summed E-state index contributed by atoms with van der Waals surface area (Å²) in [5, 5.41) is 14.0. The number of aromatic nitrogens is 1. The van der Waals surface area contributed by atoms with Crippen molar-refractivity contribution in [3.63, 3.8) is 0 Å². The van der Waals surface area contributed by atoms with Gasteiger partial charge in [-0.15, -0.1) is 0 Å². The molecule has 0 aliphatic heterocycles. The maximum absolute atomic E-state index is 11.5. The molecule has 0 aliphatic rings. The van der Waals surface area contributed by atoms with Crippen LogP contribution in [0.25, 0.3) is 10.9 Å². The van der Waals surface area contributed by atoms with Gasteiger partial charge < -0.3 is 24.9 Å². The van der Waals surface area contributed by atoms with Crippen LogP contribution in [-0.2, 0) is 22.6 Å². The standard InChI is InChI=1S/C21H20N2O4/c24-20(8-9-21(25)26)22-11-10-16-13-23-19-7-6-17(12-18(16)19)27-14-15-4-2-1-3-5-15/h1-9,12-13,23H,10-11,14H2,(H,22,24)(H,25,26)/p-1/b9-8+. The second-order valence-corrected chi connectivity index (χ2v) is 5.99. The predicted molar refractivity (Wildman–Crippen MR) is 99.9 cm³/mol. The largest absolute Gasteiger partial charge is 0.545 e. The van der Waals surface area contributed by atoms with Crippen molar-refractivity contribution in [2.45, 2.75) is 13.0 Å². The average molecular weight is 363 g/mol. The Kier molecular flexibility index (Phi) is 5.89. The third-order valence-electron chi connectivity index (χ3n) is 4.05. The summed E-state index contributed by atoms with van der Waals surface area (Å²) in [5.74, 6) is -1.09. The Hall–Kier alpha value is -3.54. The number of amides is 1. The van der Waals surface area contributed by atoms with Gasteiger partial charge in [0, 0.05) is 29.7 Å². The summed E-state index contributed by atoms with van der Waals surface area (Å²) >= 11 is 0. The van der Waals surface area contributed by atoms with E-state index < -0.39 is 11.9 Å². The van der Waals surface area contributed by atoms with Crippen molar-refractivity contribution in [1.82, 2.24) is 10.3 Å². The molecule has 2 N–H and O–H groups in total. The van der Waals surface area contributed by atoms with Crippen LogP contribution in [0.3, 0.4) is 0 Å². The summed E-state index contributed by atoms with van der Waals surface area (Å²) < 4.78 is 5.87. The van der Waals surface area contributed by atoms with Crippen molar-refractivity contribution >= 4 is 22.8 Å². The first-order chi connectivity index (χ1) is 13.1. The molecule has 0 fully saturated rings. The van der Waals surface area contributed by atoms with Crippen LogP contribution in [-0.4, -0.2) is 23.4 Å². The van der Waals surface area contributed by atoms with E-state index in [1.807, 2.05) is 54.7 Å². The van der Waals surface area contributed by atoms with E-state index in [-0.39, 0.29) is 0 Å². The Bertz CT molecular complexity index is 961. The molecule has 138 valence electrons. The fourth-order valence-electron chi connectivity index (χ4n) is 2.72. The number of carbonyl (C=O) groups excluding carboxylic acids is 2. The van der Waals surface area contributed by atoms with Crippen LogP contribution in [0.2, 0.25) is 0 Å². The molecule has 1 amide bonds. The summed E-state index contributed by atoms with van der Waals surface area (Å²) in [5.41, 5.74) is 3.12. The van der Waals surface area contributed by atoms with Crippen molar-refractivity contribution in [3.05, 3.63) is 78.0 Å². The fourth-order valence-corrected chi connectivity index (χ4v) is 2.72. The van der Waals surface area contributed by atoms with Gasteiger partial charge in [0.25, 0.3) is 0 Å². The lowest BCUT2D eigenvalue weighted by Crippen LogP contribution is -2.25. The van der Waals surface area contributed by atoms with Gasteiger partial charge in [0.1, 0.15) is 12.4 Å². The van der Waals surface area contributed by atoms with E-state index in [4.69, 9.17) is 4.74 Å². The summed E-state index contributed by atoms with van der Waals surface area (Å²) in [6, 6.07) is 15.8. The molecule has 1 heterocycles. The quantitative estimate of drug-likeness (QED) is 0.596. The summed E-state index contributed by atoms with van der Waals surface area (Å²) in [6.07, 6.45) is 4.15. The van der Waals surface area contributed by atoms with Gasteiger partial charge in [-0.05, 0) is 41.8 Å². The fraction of sp³-hybridized carbons (Fsp3) is 0.143. The van der Waals surface area contributed by atoms with Crippen LogP contribution in [0, 0.1) is 0 Å². The topological polar surface area (TPSA) is 94.2 Å². The van der Waals surface area contributed by atoms with Crippen LogP contribution < -0.4 is 15.2 Å². The maximum Gasteiger partial charge on any atom is 0.244 e. The molecule has 0 aliphatic carbocycles. The Labute approximate surface area is 156 Å². The van der Waals surface area contributed by atoms with Crippen LogP contribution in [0.4, 0.5) is 0 Å². The van der Waals surface area contributed by atoms with E-state index in [1.54, 1.807) is 0 Å². The van der Waals surface area contributed by atoms with Crippen LogP contribution in [0.1, 0.15) is 11.1 Å². The zero-order valence-electron chi connectivity index (χ0n) is 14.6. The SMILES string of the molecule is O=C([O-])/C=C/C(=O)NCCc1c[nH]c2ccc(OCc3ccccc3)cc12. The monoisotopic (exact) mass is 363 g/mol. The lowest BCUT2D eigenvalue weighted by atomic mass is 10.1. The number of aromatic amines is 1. The van der Waals surface area contributed by atoms with Crippen molar-refractivity contribution < 1.29 is 19.4 Å². The Balaban J connectivity index is 1.61. The highest BCUT2D eigenvalue weighted by Gasteiger charge is 2.06. The van der Waals surface area contributed by atoms with E-state index >= 15 is 0 Å². The van der Waals surface area contributed by atoms with E-state index in [9.17, 15) is 14.7 Å². The van der Waals surface area contributed by atoms with E-state index in [2.05, 4.69) is 10.3 Å². The first-order valence-electron chi connectivity index (χ1n) is 8.55. The van der Waals surface area contributed by atoms with Crippen molar-refractivity contribution in [1.29, 1.82) is 0 Å². The molecule has 3 aromatic rings. The normalized spacial score (nSPS) is 11.0. The second-order valence-electron chi connectivity index (χ2n) is 5.99. The highest BCUT2D eigenvalue weighted by atomic mass is 16.5. The summed E-state index contributed by atoms with van der Waals surface area (Å²) in [4.78, 5) is 25.0. The second kappa shape index (κ2) is 8.71. The first kappa shape index (κ1) is 18.3. The lowest BCUT2D eigenvalue weighted by molar-refractivity contribution is -0.297. The first-order valence-corrected chi connectivity index (χ1v) is 8.55. The minimum absolute atomic E-state index is 0.387. The summed E-state index contributed by atoms with van der Waals surface area (Å²) in [7, 11) is 0. The maximum atomic E-state index is 11.5. The molecule has 0 radical (unpaired) electrons. The van der Waals surface area contributed by atoms with Crippen LogP contribution >= 0.6 is 0 Å². The van der Waals surface area contributed by atoms with Gasteiger partial charge in [-0.1, -0.05) is 30.3 Å². The Morgan fingerprint density at radius 1 is 1.11 bits per heavy atom. The van der Waals surface area contributed by atoms with Gasteiger partial charge in [0.05, 0.1) is 5.97 Å². The molecule has 0 bridgehead atoms. The number of carboxylic acids is 1. The lowest BCUT2D eigenvalue weighted by Gasteiger charge is -2.07. The molecule has 6 heteroatoms. The number of hydrogen-bond acceptors (Lipinski definition) is 4. The van der Waals surface area contributed by atoms with E-state index in [1.165, 1.54) is 0 Å². The molecular weight excluding hydrogens is 344 g/mol. The smallest absolute Gasteiger partial charge is 0.244 e. The summed E-state index contributed by atoms with van der Waals surface area (Å²) in [6.45, 7) is 0.880. The van der Waals surface area contributed by atoms with Crippen molar-refractivity contribution in [2.75, 3.05) is 6.54 Å². The number of carbonyl (C=O) groups is 2. The molecule has 0 saturated heterocycles. The highest BCUT2D eigenvalue weighted by molar-refractivity contribution is 5.93. The van der Waals surface area contributed by atoms with Crippen molar-refractivity contribution in [3.8, 4) is 5.75 Å². The molecule has 2 aromatic carbocycles. The number of carboxylic acid groups (broad SMARTS) is 1. The van der Waals surface area contributed by atoms with Gasteiger partial charge in [0.2, 0.25) is 5.91 Å². The third kappa shape index (κ3) is 5.22. The molecule has 6 nitrogen and oxygen atoms in total. The molecule has 0 unspecified atom stereocenters. The van der Waals surface area contributed by atoms with Gasteiger partial charge in [0.15, 0.2) is 0 Å². The number of aliphatic carboxylic acids is 1. The zero-order valence-corrected chi connectivity index (χ0v) is 14.6. The number of nitrogens with one attached hydrogen (secondary N) is 2. The number of H-pyrrole nitrogens is 1. The van der Waals surface area contributed by atoms with E-state index in [0.717, 1.165) is 33.9 Å². The predicted octanol–water partition coefficient (Wildman–Crippen LogP) is 1.71. The van der Waals surface area contributed by atoms with E-state index in [0.29, 0.717) is 25.6 Å². The van der Waals surface area contributed by atoms with Gasteiger partial charge in [-0.3, -0.25) is 4.79 Å². The molecular formula is C21H19N2O4-. The van der Waals surface area contributed by atoms with Crippen molar-refractivity contribution in [2.24, 2.45) is 0 Å². The molecule has 1 aromatic heterocycles. The van der Waals surface area contributed by atoms with Crippen LogP contribution in [0.5, 0.6) is 5.75 Å².